The maximum atomic E-state index is 12.6. The molecule has 0 aliphatic heterocycles. The van der Waals surface area contributed by atoms with Gasteiger partial charge in [0, 0.05) is 43.3 Å². The molecule has 3 N–H and O–H groups in total. The maximum Gasteiger partial charge on any atom is 0.319 e. The van der Waals surface area contributed by atoms with Gasteiger partial charge in [-0.25, -0.2) is 9.78 Å². The molecular formula is C24H25Cl4N5O. The summed E-state index contributed by atoms with van der Waals surface area (Å²) in [5.74, 6) is 0.860. The minimum absolute atomic E-state index is 0.0344. The van der Waals surface area contributed by atoms with Crippen LogP contribution in [0.5, 0.6) is 0 Å². The molecule has 1 fully saturated rings. The van der Waals surface area contributed by atoms with Gasteiger partial charge in [-0.2, -0.15) is 0 Å². The SMILES string of the molecule is CN(C)c1cc(NC2CCC(NC(=O)Nc3c(Cl)c(Cl)cc(Cl)c3Cl)CC2)nc2ccccc12. The Morgan fingerprint density at radius 1 is 0.941 bits per heavy atom. The van der Waals surface area contributed by atoms with Crippen molar-refractivity contribution in [1.82, 2.24) is 10.3 Å². The van der Waals surface area contributed by atoms with Gasteiger partial charge < -0.3 is 20.9 Å². The number of nitrogens with zero attached hydrogens (tertiary/aromatic N) is 2. The molecule has 180 valence electrons. The predicted octanol–water partition coefficient (Wildman–Crippen LogP) is 7.46. The summed E-state index contributed by atoms with van der Waals surface area (Å²) in [5.41, 5.74) is 2.29. The molecule has 0 spiro atoms. The summed E-state index contributed by atoms with van der Waals surface area (Å²) >= 11 is 24.5. The van der Waals surface area contributed by atoms with E-state index in [0.717, 1.165) is 48.1 Å². The summed E-state index contributed by atoms with van der Waals surface area (Å²) in [6.07, 6.45) is 3.47. The summed E-state index contributed by atoms with van der Waals surface area (Å²) in [5, 5.41) is 11.1. The van der Waals surface area contributed by atoms with Gasteiger partial charge in [0.2, 0.25) is 0 Å². The average Bonchev–Trinajstić information content (AvgIpc) is 2.81. The molecule has 1 aromatic heterocycles. The Hall–Kier alpha value is -2.12. The zero-order valence-electron chi connectivity index (χ0n) is 18.8. The third kappa shape index (κ3) is 5.57. The summed E-state index contributed by atoms with van der Waals surface area (Å²) in [4.78, 5) is 19.4. The molecule has 2 aromatic carbocycles. The first-order valence-corrected chi connectivity index (χ1v) is 12.5. The number of carbonyl (C=O) groups excluding carboxylic acids is 1. The second-order valence-electron chi connectivity index (χ2n) is 8.57. The molecule has 6 nitrogen and oxygen atoms in total. The van der Waals surface area contributed by atoms with E-state index in [1.807, 2.05) is 32.3 Å². The van der Waals surface area contributed by atoms with Gasteiger partial charge in [-0.15, -0.1) is 0 Å². The number of urea groups is 1. The van der Waals surface area contributed by atoms with Crippen LogP contribution in [-0.2, 0) is 0 Å². The Morgan fingerprint density at radius 2 is 1.56 bits per heavy atom. The van der Waals surface area contributed by atoms with Crippen LogP contribution < -0.4 is 20.9 Å². The molecule has 0 unspecified atom stereocenters. The number of fused-ring (bicyclic) bond motifs is 1. The fraction of sp³-hybridized carbons (Fsp3) is 0.333. The molecule has 0 atom stereocenters. The lowest BCUT2D eigenvalue weighted by Crippen LogP contribution is -2.42. The van der Waals surface area contributed by atoms with E-state index in [4.69, 9.17) is 51.4 Å². The summed E-state index contributed by atoms with van der Waals surface area (Å²) < 4.78 is 0. The van der Waals surface area contributed by atoms with Crippen LogP contribution in [0.15, 0.2) is 36.4 Å². The minimum Gasteiger partial charge on any atom is -0.377 e. The summed E-state index contributed by atoms with van der Waals surface area (Å²) in [6.45, 7) is 0. The van der Waals surface area contributed by atoms with E-state index >= 15 is 0 Å². The van der Waals surface area contributed by atoms with Crippen molar-refractivity contribution in [3.05, 3.63) is 56.5 Å². The molecule has 0 bridgehead atoms. The van der Waals surface area contributed by atoms with E-state index in [1.165, 1.54) is 6.07 Å². The molecule has 0 radical (unpaired) electrons. The Morgan fingerprint density at radius 3 is 2.21 bits per heavy atom. The number of halogens is 4. The van der Waals surface area contributed by atoms with Gasteiger partial charge in [-0.05, 0) is 37.8 Å². The second kappa shape index (κ2) is 10.6. The van der Waals surface area contributed by atoms with E-state index in [1.54, 1.807) is 0 Å². The molecule has 1 saturated carbocycles. The summed E-state index contributed by atoms with van der Waals surface area (Å²) in [6, 6.07) is 11.6. The van der Waals surface area contributed by atoms with Crippen molar-refractivity contribution < 1.29 is 4.79 Å². The normalized spacial score (nSPS) is 17.9. The Labute approximate surface area is 218 Å². The van der Waals surface area contributed by atoms with E-state index in [9.17, 15) is 4.79 Å². The van der Waals surface area contributed by atoms with Crippen molar-refractivity contribution in [2.75, 3.05) is 29.6 Å². The van der Waals surface area contributed by atoms with E-state index < -0.39 is 6.03 Å². The van der Waals surface area contributed by atoms with Crippen LogP contribution in [0.1, 0.15) is 25.7 Å². The Bertz CT molecular complexity index is 1190. The number of hydrogen-bond acceptors (Lipinski definition) is 4. The van der Waals surface area contributed by atoms with Crippen LogP contribution in [0, 0.1) is 0 Å². The van der Waals surface area contributed by atoms with Crippen LogP contribution in [0.4, 0.5) is 22.0 Å². The number of hydrogen-bond donors (Lipinski definition) is 3. The van der Waals surface area contributed by atoms with Crippen molar-refractivity contribution in [3.8, 4) is 0 Å². The third-order valence-corrected chi connectivity index (χ3v) is 7.52. The quantitative estimate of drug-likeness (QED) is 0.294. The molecule has 1 aliphatic rings. The molecular weight excluding hydrogens is 516 g/mol. The Balaban J connectivity index is 1.35. The largest absolute Gasteiger partial charge is 0.377 e. The van der Waals surface area contributed by atoms with Gasteiger partial charge >= 0.3 is 6.03 Å². The lowest BCUT2D eigenvalue weighted by atomic mass is 9.91. The first-order chi connectivity index (χ1) is 16.2. The van der Waals surface area contributed by atoms with Gasteiger partial charge in [0.1, 0.15) is 5.82 Å². The van der Waals surface area contributed by atoms with Crippen molar-refractivity contribution in [3.63, 3.8) is 0 Å². The van der Waals surface area contributed by atoms with Gasteiger partial charge in [-0.1, -0.05) is 64.6 Å². The minimum atomic E-state index is -0.398. The molecule has 0 saturated heterocycles. The second-order valence-corrected chi connectivity index (χ2v) is 10.1. The highest BCUT2D eigenvalue weighted by molar-refractivity contribution is 6.50. The summed E-state index contributed by atoms with van der Waals surface area (Å²) in [7, 11) is 4.07. The molecule has 34 heavy (non-hydrogen) atoms. The van der Waals surface area contributed by atoms with Crippen molar-refractivity contribution in [2.24, 2.45) is 0 Å². The number of amides is 2. The molecule has 10 heteroatoms. The first kappa shape index (κ1) is 25.0. The zero-order chi connectivity index (χ0) is 24.4. The maximum absolute atomic E-state index is 12.6. The van der Waals surface area contributed by atoms with Gasteiger partial charge in [-0.3, -0.25) is 0 Å². The van der Waals surface area contributed by atoms with Crippen LogP contribution in [0.2, 0.25) is 20.1 Å². The van der Waals surface area contributed by atoms with Crippen molar-refractivity contribution >= 4 is 80.5 Å². The number of carbonyl (C=O) groups is 1. The number of benzene rings is 2. The van der Waals surface area contributed by atoms with Crippen LogP contribution in [0.3, 0.4) is 0 Å². The number of aromatic nitrogens is 1. The first-order valence-electron chi connectivity index (χ1n) is 11.0. The molecule has 1 aliphatic carbocycles. The highest BCUT2D eigenvalue weighted by Crippen LogP contribution is 2.41. The lowest BCUT2D eigenvalue weighted by Gasteiger charge is -2.30. The smallest absolute Gasteiger partial charge is 0.319 e. The third-order valence-electron chi connectivity index (χ3n) is 5.94. The van der Waals surface area contributed by atoms with E-state index in [-0.39, 0.29) is 37.9 Å². The van der Waals surface area contributed by atoms with Crippen LogP contribution in [0.25, 0.3) is 10.9 Å². The topological polar surface area (TPSA) is 69.3 Å². The lowest BCUT2D eigenvalue weighted by molar-refractivity contribution is 0.243. The fourth-order valence-electron chi connectivity index (χ4n) is 4.21. The van der Waals surface area contributed by atoms with Gasteiger partial charge in [0.25, 0.3) is 0 Å². The zero-order valence-corrected chi connectivity index (χ0v) is 21.8. The fourth-order valence-corrected chi connectivity index (χ4v) is 5.11. The number of rotatable bonds is 5. The van der Waals surface area contributed by atoms with Gasteiger partial charge in [0.05, 0.1) is 31.3 Å². The predicted molar refractivity (Wildman–Crippen MR) is 144 cm³/mol. The highest BCUT2D eigenvalue weighted by atomic mass is 35.5. The molecule has 1 heterocycles. The van der Waals surface area contributed by atoms with Crippen LogP contribution in [-0.4, -0.2) is 37.2 Å². The number of para-hydroxylation sites is 1. The van der Waals surface area contributed by atoms with Crippen molar-refractivity contribution in [2.45, 2.75) is 37.8 Å². The Kier molecular flexibility index (Phi) is 7.83. The number of nitrogens with one attached hydrogen (secondary N) is 3. The number of anilines is 3. The van der Waals surface area contributed by atoms with E-state index in [2.05, 4.69) is 33.0 Å². The van der Waals surface area contributed by atoms with E-state index in [0.29, 0.717) is 0 Å². The molecule has 4 rings (SSSR count). The molecule has 3 aromatic rings. The van der Waals surface area contributed by atoms with Crippen LogP contribution >= 0.6 is 46.4 Å². The average molecular weight is 541 g/mol. The van der Waals surface area contributed by atoms with Crippen molar-refractivity contribution in [1.29, 1.82) is 0 Å². The number of pyridine rings is 1. The van der Waals surface area contributed by atoms with Gasteiger partial charge in [0.15, 0.2) is 0 Å². The monoisotopic (exact) mass is 539 g/mol. The highest BCUT2D eigenvalue weighted by Gasteiger charge is 2.24. The standard InChI is InChI=1S/C24H25Cl4N5O/c1-33(2)19-12-20(31-18-6-4-3-5-15(18)19)29-13-7-9-14(10-8-13)30-24(34)32-23-21(27)16(25)11-17(26)22(23)28/h3-6,11-14H,7-10H2,1-2H3,(H,29,31)(H2,30,32,34). The molecule has 2 amide bonds.